The van der Waals surface area contributed by atoms with Crippen LogP contribution in [-0.4, -0.2) is 22.6 Å². The van der Waals surface area contributed by atoms with Gasteiger partial charge in [0, 0.05) is 6.54 Å². The molecular formula is C13H15FN2O2. The Morgan fingerprint density at radius 3 is 2.83 bits per heavy atom. The molecule has 0 saturated heterocycles. The molecular weight excluding hydrogens is 235 g/mol. The number of hydrogen-bond acceptors (Lipinski definition) is 3. The van der Waals surface area contributed by atoms with Crippen molar-refractivity contribution >= 4 is 11.8 Å². The van der Waals surface area contributed by atoms with E-state index in [9.17, 15) is 9.18 Å². The van der Waals surface area contributed by atoms with Crippen LogP contribution in [0.25, 0.3) is 0 Å². The lowest BCUT2D eigenvalue weighted by atomic mass is 10.0. The number of aromatic nitrogens is 1. The lowest BCUT2D eigenvalue weighted by molar-refractivity contribution is 0.0697. The molecule has 2 aliphatic carbocycles. The first-order valence-corrected chi connectivity index (χ1v) is 6.23. The summed E-state index contributed by atoms with van der Waals surface area (Å²) in [5.74, 6) is -0.711. The molecule has 4 nitrogen and oxygen atoms in total. The maximum atomic E-state index is 13.0. The quantitative estimate of drug-likeness (QED) is 0.843. The summed E-state index contributed by atoms with van der Waals surface area (Å²) >= 11 is 0. The number of carboxylic acids is 1. The van der Waals surface area contributed by atoms with Crippen molar-refractivity contribution in [2.75, 3.05) is 11.9 Å². The van der Waals surface area contributed by atoms with E-state index in [1.54, 1.807) is 0 Å². The third-order valence-electron chi connectivity index (χ3n) is 4.03. The van der Waals surface area contributed by atoms with Gasteiger partial charge in [0.1, 0.15) is 17.2 Å². The van der Waals surface area contributed by atoms with Crippen molar-refractivity contribution in [3.8, 4) is 0 Å². The molecule has 0 spiro atoms. The number of aromatic carboxylic acids is 1. The van der Waals surface area contributed by atoms with Gasteiger partial charge in [0.05, 0.1) is 6.20 Å². The van der Waals surface area contributed by atoms with E-state index in [2.05, 4.69) is 10.3 Å². The molecule has 0 atom stereocenters. The van der Waals surface area contributed by atoms with Gasteiger partial charge >= 0.3 is 5.97 Å². The van der Waals surface area contributed by atoms with Gasteiger partial charge in [-0.3, -0.25) is 0 Å². The number of carbonyl (C=O) groups is 1. The number of nitrogens with zero attached hydrogens (tertiary/aromatic N) is 1. The summed E-state index contributed by atoms with van der Waals surface area (Å²) < 4.78 is 13.0. The molecule has 0 aliphatic heterocycles. The summed E-state index contributed by atoms with van der Waals surface area (Å²) in [5.41, 5.74) is 0.257. The van der Waals surface area contributed by atoms with Crippen LogP contribution in [-0.2, 0) is 0 Å². The summed E-state index contributed by atoms with van der Waals surface area (Å²) in [5, 5.41) is 12.1. The Bertz CT molecular complexity index is 496. The summed E-state index contributed by atoms with van der Waals surface area (Å²) in [6, 6.07) is 1.01. The van der Waals surface area contributed by atoms with Crippen LogP contribution in [0.2, 0.25) is 0 Å². The second kappa shape index (κ2) is 3.93. The molecule has 1 heterocycles. The van der Waals surface area contributed by atoms with Gasteiger partial charge in [-0.25, -0.2) is 14.2 Å². The smallest absolute Gasteiger partial charge is 0.339 e. The molecule has 5 heteroatoms. The van der Waals surface area contributed by atoms with Gasteiger partial charge in [-0.1, -0.05) is 0 Å². The maximum Gasteiger partial charge on any atom is 0.339 e. The average Bonchev–Trinajstić information content (AvgIpc) is 3.19. The first kappa shape index (κ1) is 11.4. The molecule has 0 amide bonds. The first-order chi connectivity index (χ1) is 8.61. The van der Waals surface area contributed by atoms with E-state index in [4.69, 9.17) is 5.11 Å². The third kappa shape index (κ3) is 2.05. The van der Waals surface area contributed by atoms with Crippen molar-refractivity contribution in [3.05, 3.63) is 23.6 Å². The normalized spacial score (nSPS) is 20.5. The Labute approximate surface area is 104 Å². The molecule has 1 aromatic rings. The number of hydrogen-bond donors (Lipinski definition) is 2. The monoisotopic (exact) mass is 250 g/mol. The fourth-order valence-corrected chi connectivity index (χ4v) is 2.59. The van der Waals surface area contributed by atoms with Crippen molar-refractivity contribution in [2.45, 2.75) is 25.7 Å². The highest BCUT2D eigenvalue weighted by atomic mass is 19.1. The van der Waals surface area contributed by atoms with Gasteiger partial charge in [-0.2, -0.15) is 0 Å². The molecule has 0 aromatic carbocycles. The van der Waals surface area contributed by atoms with Crippen LogP contribution in [0.15, 0.2) is 12.3 Å². The highest BCUT2D eigenvalue weighted by Crippen LogP contribution is 2.61. The van der Waals surface area contributed by atoms with Gasteiger partial charge in [-0.15, -0.1) is 0 Å². The first-order valence-electron chi connectivity index (χ1n) is 6.23. The summed E-state index contributed by atoms with van der Waals surface area (Å²) in [6.07, 6.45) is 6.02. The molecule has 96 valence electrons. The van der Waals surface area contributed by atoms with Gasteiger partial charge in [0.25, 0.3) is 0 Å². The van der Waals surface area contributed by atoms with E-state index >= 15 is 0 Å². The van der Waals surface area contributed by atoms with E-state index in [0.29, 0.717) is 5.41 Å². The highest BCUT2D eigenvalue weighted by molar-refractivity contribution is 5.93. The summed E-state index contributed by atoms with van der Waals surface area (Å²) in [6.45, 7) is 0.747. The maximum absolute atomic E-state index is 13.0. The summed E-state index contributed by atoms with van der Waals surface area (Å²) in [4.78, 5) is 14.9. The molecule has 3 rings (SSSR count). The Hall–Kier alpha value is -1.65. The lowest BCUT2D eigenvalue weighted by Crippen LogP contribution is -2.19. The Kier molecular flexibility index (Phi) is 2.50. The fraction of sp³-hybridized carbons (Fsp3) is 0.538. The van der Waals surface area contributed by atoms with Crippen LogP contribution < -0.4 is 5.32 Å². The van der Waals surface area contributed by atoms with Crippen molar-refractivity contribution in [1.82, 2.24) is 4.98 Å². The molecule has 1 aromatic heterocycles. The van der Waals surface area contributed by atoms with E-state index in [1.165, 1.54) is 25.7 Å². The molecule has 0 unspecified atom stereocenters. The zero-order valence-electron chi connectivity index (χ0n) is 9.95. The number of nitrogens with one attached hydrogen (secondary N) is 1. The predicted octanol–water partition coefficient (Wildman–Crippen LogP) is 2.52. The SMILES string of the molecule is O=C(O)c1cc(F)cnc1NCC1(C2CC2)CC1. The predicted molar refractivity (Wildman–Crippen MR) is 64.0 cm³/mol. The van der Waals surface area contributed by atoms with E-state index in [0.717, 1.165) is 24.7 Å². The number of pyridine rings is 1. The highest BCUT2D eigenvalue weighted by Gasteiger charge is 2.53. The number of halogens is 1. The van der Waals surface area contributed by atoms with Gasteiger partial charge in [0.15, 0.2) is 0 Å². The minimum atomic E-state index is -1.15. The van der Waals surface area contributed by atoms with Crippen molar-refractivity contribution in [2.24, 2.45) is 11.3 Å². The van der Waals surface area contributed by atoms with Gasteiger partial charge in [0.2, 0.25) is 0 Å². The van der Waals surface area contributed by atoms with Gasteiger partial charge in [-0.05, 0) is 43.1 Å². The molecule has 2 fully saturated rings. The standard InChI is InChI=1S/C13H15FN2O2/c14-9-5-10(12(17)18)11(15-6-9)16-7-13(3-4-13)8-1-2-8/h5-6,8H,1-4,7H2,(H,15,16)(H,17,18). The zero-order valence-corrected chi connectivity index (χ0v) is 9.95. The minimum absolute atomic E-state index is 0.0957. The van der Waals surface area contributed by atoms with Crippen molar-refractivity contribution in [3.63, 3.8) is 0 Å². The number of anilines is 1. The molecule has 18 heavy (non-hydrogen) atoms. The molecule has 2 aliphatic rings. The second-order valence-electron chi connectivity index (χ2n) is 5.35. The van der Waals surface area contributed by atoms with Crippen LogP contribution in [0.5, 0.6) is 0 Å². The van der Waals surface area contributed by atoms with E-state index in [-0.39, 0.29) is 11.4 Å². The molecule has 2 N–H and O–H groups in total. The largest absolute Gasteiger partial charge is 0.478 e. The Morgan fingerprint density at radius 2 is 2.28 bits per heavy atom. The van der Waals surface area contributed by atoms with E-state index in [1.807, 2.05) is 0 Å². The van der Waals surface area contributed by atoms with Crippen LogP contribution in [0.3, 0.4) is 0 Å². The number of rotatable bonds is 5. The molecule has 0 bridgehead atoms. The van der Waals surface area contributed by atoms with Crippen molar-refractivity contribution in [1.29, 1.82) is 0 Å². The lowest BCUT2D eigenvalue weighted by Gasteiger charge is -2.16. The van der Waals surface area contributed by atoms with E-state index < -0.39 is 11.8 Å². The Morgan fingerprint density at radius 1 is 1.56 bits per heavy atom. The zero-order chi connectivity index (χ0) is 12.8. The van der Waals surface area contributed by atoms with Crippen LogP contribution in [0, 0.1) is 17.2 Å². The molecule has 2 saturated carbocycles. The topological polar surface area (TPSA) is 62.2 Å². The Balaban J connectivity index is 1.74. The van der Waals surface area contributed by atoms with Crippen molar-refractivity contribution < 1.29 is 14.3 Å². The summed E-state index contributed by atoms with van der Waals surface area (Å²) in [7, 11) is 0. The third-order valence-corrected chi connectivity index (χ3v) is 4.03. The second-order valence-corrected chi connectivity index (χ2v) is 5.35. The van der Waals surface area contributed by atoms with Gasteiger partial charge < -0.3 is 10.4 Å². The fourth-order valence-electron chi connectivity index (χ4n) is 2.59. The molecule has 0 radical (unpaired) electrons. The van der Waals surface area contributed by atoms with Crippen LogP contribution in [0.1, 0.15) is 36.0 Å². The minimum Gasteiger partial charge on any atom is -0.478 e. The van der Waals surface area contributed by atoms with Crippen LogP contribution >= 0.6 is 0 Å². The number of carboxylic acid groups (broad SMARTS) is 1. The van der Waals surface area contributed by atoms with Crippen LogP contribution in [0.4, 0.5) is 10.2 Å². The average molecular weight is 250 g/mol.